The number of benzene rings is 1. The van der Waals surface area contributed by atoms with E-state index in [1.54, 1.807) is 0 Å². The molecule has 2 N–H and O–H groups in total. The maximum Gasteiger partial charge on any atom is 0.0166 e. The Bertz CT molecular complexity index is 376. The molecule has 0 aliphatic carbocycles. The lowest BCUT2D eigenvalue weighted by Gasteiger charge is -2.28. The van der Waals surface area contributed by atoms with Crippen LogP contribution in [0.25, 0.3) is 6.08 Å². The Morgan fingerprint density at radius 2 is 2.00 bits per heavy atom. The first-order chi connectivity index (χ1) is 8.25. The van der Waals surface area contributed by atoms with E-state index in [9.17, 15) is 0 Å². The predicted molar refractivity (Wildman–Crippen MR) is 73.9 cm³/mol. The van der Waals surface area contributed by atoms with E-state index >= 15 is 0 Å². The number of hydrogen-bond donors (Lipinski definition) is 1. The second kappa shape index (κ2) is 5.99. The summed E-state index contributed by atoms with van der Waals surface area (Å²) < 4.78 is 0. The van der Waals surface area contributed by atoms with Crippen LogP contribution in [0.4, 0.5) is 0 Å². The molecule has 0 spiro atoms. The topological polar surface area (TPSA) is 29.3 Å². The molecule has 2 heteroatoms. The van der Waals surface area contributed by atoms with Crippen LogP contribution in [0, 0.1) is 6.92 Å². The van der Waals surface area contributed by atoms with Gasteiger partial charge in [-0.3, -0.25) is 4.90 Å². The monoisotopic (exact) mass is 230 g/mol. The van der Waals surface area contributed by atoms with E-state index < -0.39 is 0 Å². The number of piperidine rings is 1. The van der Waals surface area contributed by atoms with E-state index in [0.717, 1.165) is 32.5 Å². The van der Waals surface area contributed by atoms with Gasteiger partial charge in [-0.15, -0.1) is 0 Å². The molecule has 2 rings (SSSR count). The van der Waals surface area contributed by atoms with Crippen molar-refractivity contribution < 1.29 is 0 Å². The summed E-state index contributed by atoms with van der Waals surface area (Å²) in [6.45, 7) is 5.47. The first kappa shape index (κ1) is 12.3. The van der Waals surface area contributed by atoms with Crippen LogP contribution in [0.1, 0.15) is 24.0 Å². The van der Waals surface area contributed by atoms with E-state index in [2.05, 4.69) is 48.2 Å². The minimum atomic E-state index is 0.423. The van der Waals surface area contributed by atoms with Gasteiger partial charge in [0.15, 0.2) is 0 Å². The van der Waals surface area contributed by atoms with Crippen molar-refractivity contribution in [2.24, 2.45) is 5.73 Å². The highest BCUT2D eigenvalue weighted by Gasteiger charge is 2.14. The zero-order chi connectivity index (χ0) is 12.1. The zero-order valence-corrected chi connectivity index (χ0v) is 10.6. The number of aryl methyl sites for hydroxylation is 1. The maximum atomic E-state index is 5.89. The van der Waals surface area contributed by atoms with Crippen molar-refractivity contribution in [3.05, 3.63) is 41.5 Å². The van der Waals surface area contributed by atoms with Gasteiger partial charge in [-0.05, 0) is 44.0 Å². The zero-order valence-electron chi connectivity index (χ0n) is 10.6. The van der Waals surface area contributed by atoms with Crippen LogP contribution in [0.5, 0.6) is 0 Å². The van der Waals surface area contributed by atoms with E-state index in [1.165, 1.54) is 11.1 Å². The minimum Gasteiger partial charge on any atom is -0.328 e. The molecule has 1 aromatic rings. The third kappa shape index (κ3) is 3.69. The number of rotatable bonds is 3. The Morgan fingerprint density at radius 1 is 1.29 bits per heavy atom. The smallest absolute Gasteiger partial charge is 0.0166 e. The van der Waals surface area contributed by atoms with Crippen LogP contribution in [0.3, 0.4) is 0 Å². The number of nitrogens with two attached hydrogens (primary N) is 1. The van der Waals surface area contributed by atoms with Crippen molar-refractivity contribution in [1.29, 1.82) is 0 Å². The Hall–Kier alpha value is -1.12. The minimum absolute atomic E-state index is 0.423. The Labute approximate surface area is 104 Å². The molecular weight excluding hydrogens is 208 g/mol. The highest BCUT2D eigenvalue weighted by atomic mass is 15.1. The lowest BCUT2D eigenvalue weighted by Crippen LogP contribution is -2.39. The summed E-state index contributed by atoms with van der Waals surface area (Å²) in [5.74, 6) is 0. The van der Waals surface area contributed by atoms with E-state index in [-0.39, 0.29) is 0 Å². The van der Waals surface area contributed by atoms with Crippen molar-refractivity contribution in [1.82, 2.24) is 4.90 Å². The van der Waals surface area contributed by atoms with Crippen LogP contribution < -0.4 is 5.73 Å². The molecule has 2 nitrogen and oxygen atoms in total. The molecule has 1 aliphatic heterocycles. The molecule has 1 heterocycles. The van der Waals surface area contributed by atoms with Crippen molar-refractivity contribution in [3.63, 3.8) is 0 Å². The van der Waals surface area contributed by atoms with Crippen molar-refractivity contribution in [2.75, 3.05) is 19.6 Å². The molecule has 1 aromatic carbocycles. The summed E-state index contributed by atoms with van der Waals surface area (Å²) in [7, 11) is 0. The first-order valence-corrected chi connectivity index (χ1v) is 6.46. The molecule has 0 radical (unpaired) electrons. The molecule has 0 atom stereocenters. The SMILES string of the molecule is Cc1ccccc1C=CCN1CCC(N)CC1. The van der Waals surface area contributed by atoms with Crippen LogP contribution in [0.15, 0.2) is 30.3 Å². The fourth-order valence-corrected chi connectivity index (χ4v) is 2.24. The summed E-state index contributed by atoms with van der Waals surface area (Å²) in [6.07, 6.45) is 6.76. The van der Waals surface area contributed by atoms with Gasteiger partial charge in [-0.1, -0.05) is 36.4 Å². The van der Waals surface area contributed by atoms with Crippen LogP contribution in [0.2, 0.25) is 0 Å². The quantitative estimate of drug-likeness (QED) is 0.864. The molecule has 0 unspecified atom stereocenters. The Kier molecular flexibility index (Phi) is 4.35. The Balaban J connectivity index is 1.84. The summed E-state index contributed by atoms with van der Waals surface area (Å²) in [5, 5.41) is 0. The van der Waals surface area contributed by atoms with Gasteiger partial charge in [0, 0.05) is 12.6 Å². The van der Waals surface area contributed by atoms with E-state index in [0.29, 0.717) is 6.04 Å². The number of hydrogen-bond acceptors (Lipinski definition) is 2. The summed E-state index contributed by atoms with van der Waals surface area (Å²) >= 11 is 0. The van der Waals surface area contributed by atoms with Crippen molar-refractivity contribution >= 4 is 6.08 Å². The number of likely N-dealkylation sites (tertiary alicyclic amines) is 1. The average molecular weight is 230 g/mol. The van der Waals surface area contributed by atoms with Crippen LogP contribution >= 0.6 is 0 Å². The molecule has 1 fully saturated rings. The van der Waals surface area contributed by atoms with Crippen molar-refractivity contribution in [2.45, 2.75) is 25.8 Å². The highest BCUT2D eigenvalue weighted by Crippen LogP contribution is 2.11. The lowest BCUT2D eigenvalue weighted by atomic mass is 10.1. The Morgan fingerprint density at radius 3 is 2.71 bits per heavy atom. The van der Waals surface area contributed by atoms with Crippen LogP contribution in [-0.4, -0.2) is 30.6 Å². The van der Waals surface area contributed by atoms with Gasteiger partial charge >= 0.3 is 0 Å². The standard InChI is InChI=1S/C15H22N2/c1-13-5-2-3-6-14(13)7-4-10-17-11-8-15(16)9-12-17/h2-7,15H,8-12,16H2,1H3. The third-order valence-electron chi connectivity index (χ3n) is 3.48. The largest absolute Gasteiger partial charge is 0.328 e. The van der Waals surface area contributed by atoms with Gasteiger partial charge < -0.3 is 5.73 Å². The fourth-order valence-electron chi connectivity index (χ4n) is 2.24. The summed E-state index contributed by atoms with van der Waals surface area (Å²) in [5.41, 5.74) is 8.55. The summed E-state index contributed by atoms with van der Waals surface area (Å²) in [6, 6.07) is 8.91. The molecule has 0 saturated carbocycles. The molecular formula is C15H22N2. The van der Waals surface area contributed by atoms with Gasteiger partial charge in [0.25, 0.3) is 0 Å². The molecule has 17 heavy (non-hydrogen) atoms. The van der Waals surface area contributed by atoms with E-state index in [1.807, 2.05) is 0 Å². The molecule has 1 saturated heterocycles. The molecule has 0 bridgehead atoms. The molecule has 1 aliphatic rings. The summed E-state index contributed by atoms with van der Waals surface area (Å²) in [4.78, 5) is 2.47. The molecule has 0 amide bonds. The van der Waals surface area contributed by atoms with E-state index in [4.69, 9.17) is 5.73 Å². The maximum absolute atomic E-state index is 5.89. The predicted octanol–water partition coefficient (Wildman–Crippen LogP) is 2.43. The van der Waals surface area contributed by atoms with Gasteiger partial charge in [-0.2, -0.15) is 0 Å². The normalized spacial score (nSPS) is 18.9. The third-order valence-corrected chi connectivity index (χ3v) is 3.48. The van der Waals surface area contributed by atoms with Crippen molar-refractivity contribution in [3.8, 4) is 0 Å². The number of nitrogens with zero attached hydrogens (tertiary/aromatic N) is 1. The van der Waals surface area contributed by atoms with Crippen LogP contribution in [-0.2, 0) is 0 Å². The second-order valence-corrected chi connectivity index (χ2v) is 4.90. The lowest BCUT2D eigenvalue weighted by molar-refractivity contribution is 0.234. The van der Waals surface area contributed by atoms with Gasteiger partial charge in [-0.25, -0.2) is 0 Å². The molecule has 0 aromatic heterocycles. The highest BCUT2D eigenvalue weighted by molar-refractivity contribution is 5.53. The fraction of sp³-hybridized carbons (Fsp3) is 0.467. The molecule has 92 valence electrons. The van der Waals surface area contributed by atoms with Gasteiger partial charge in [0.2, 0.25) is 0 Å². The second-order valence-electron chi connectivity index (χ2n) is 4.90. The van der Waals surface area contributed by atoms with Gasteiger partial charge in [0.1, 0.15) is 0 Å². The first-order valence-electron chi connectivity index (χ1n) is 6.46. The average Bonchev–Trinajstić information content (AvgIpc) is 2.34. The van der Waals surface area contributed by atoms with Gasteiger partial charge in [0.05, 0.1) is 0 Å².